The molecule has 2 nitrogen and oxygen atoms in total. The molecule has 0 N–H and O–H groups in total. The lowest BCUT2D eigenvalue weighted by Gasteiger charge is -1.93. The Labute approximate surface area is 65.7 Å². The highest BCUT2D eigenvalue weighted by atomic mass is 79.9. The summed E-state index contributed by atoms with van der Waals surface area (Å²) >= 11 is 0. The van der Waals surface area contributed by atoms with Gasteiger partial charge in [0.2, 0.25) is 0 Å². The molecule has 0 unspecified atom stereocenters. The largest absolute Gasteiger partial charge is 0.338 e. The topological polar surface area (TPSA) is 17.8 Å². The molecule has 1 aromatic heterocycles. The van der Waals surface area contributed by atoms with E-state index >= 15 is 0 Å². The van der Waals surface area contributed by atoms with Crippen molar-refractivity contribution in [3.8, 4) is 0 Å². The zero-order chi connectivity index (χ0) is 5.82. The molecule has 0 aliphatic heterocycles. The smallest absolute Gasteiger partial charge is 0.0945 e. The molecule has 9 heavy (non-hydrogen) atoms. The van der Waals surface area contributed by atoms with E-state index in [9.17, 15) is 0 Å². The molecule has 0 aromatic carbocycles. The zero-order valence-electron chi connectivity index (χ0n) is 5.45. The molecule has 52 valence electrons. The second-order valence-corrected chi connectivity index (χ2v) is 1.80. The van der Waals surface area contributed by atoms with Crippen molar-refractivity contribution in [1.29, 1.82) is 0 Å². The third kappa shape index (κ3) is 2.65. The van der Waals surface area contributed by atoms with E-state index in [-0.39, 0.29) is 17.0 Å². The van der Waals surface area contributed by atoms with Gasteiger partial charge in [-0.1, -0.05) is 6.92 Å². The standard InChI is InChI=1S/C6H10N2.BrH/c1-2-4-8-5-3-7-6-8;/h3,5-6H,2,4H2,1H3;1H. The Kier molecular flexibility index (Phi) is 4.40. The second-order valence-electron chi connectivity index (χ2n) is 1.80. The molecule has 0 saturated heterocycles. The average molecular weight is 191 g/mol. The number of nitrogens with zero attached hydrogens (tertiary/aromatic N) is 2. The first-order valence-electron chi connectivity index (χ1n) is 2.89. The second kappa shape index (κ2) is 4.56. The Morgan fingerprint density at radius 1 is 1.56 bits per heavy atom. The van der Waals surface area contributed by atoms with Crippen molar-refractivity contribution in [2.45, 2.75) is 19.9 Å². The molecule has 0 bridgehead atoms. The summed E-state index contributed by atoms with van der Waals surface area (Å²) < 4.78 is 2.07. The molecule has 0 fully saturated rings. The molecule has 3 heteroatoms. The molecule has 0 amide bonds. The Morgan fingerprint density at radius 2 is 2.33 bits per heavy atom. The molecule has 0 spiro atoms. The van der Waals surface area contributed by atoms with Gasteiger partial charge >= 0.3 is 0 Å². The third-order valence-electron chi connectivity index (χ3n) is 1.04. The molecule has 1 rings (SSSR count). The highest BCUT2D eigenvalue weighted by molar-refractivity contribution is 8.93. The predicted molar refractivity (Wildman–Crippen MR) is 42.8 cm³/mol. The van der Waals surface area contributed by atoms with E-state index in [4.69, 9.17) is 0 Å². The number of rotatable bonds is 2. The van der Waals surface area contributed by atoms with Crippen LogP contribution in [0, 0.1) is 0 Å². The van der Waals surface area contributed by atoms with Gasteiger partial charge in [-0.05, 0) is 6.42 Å². The molecule has 0 radical (unpaired) electrons. The maximum absolute atomic E-state index is 3.90. The fraction of sp³-hybridized carbons (Fsp3) is 0.500. The number of hydrogen-bond acceptors (Lipinski definition) is 1. The van der Waals surface area contributed by atoms with Crippen molar-refractivity contribution >= 4 is 17.0 Å². The number of aromatic nitrogens is 2. The number of hydrogen-bond donors (Lipinski definition) is 0. The minimum atomic E-state index is 0. The van der Waals surface area contributed by atoms with Crippen LogP contribution >= 0.6 is 17.0 Å². The Bertz CT molecular complexity index is 137. The maximum atomic E-state index is 3.90. The van der Waals surface area contributed by atoms with Crippen LogP contribution in [-0.4, -0.2) is 9.55 Å². The van der Waals surface area contributed by atoms with Gasteiger partial charge in [0, 0.05) is 18.9 Å². The summed E-state index contributed by atoms with van der Waals surface area (Å²) in [4.78, 5) is 3.90. The molecule has 1 heterocycles. The quantitative estimate of drug-likeness (QED) is 0.697. The van der Waals surface area contributed by atoms with Gasteiger partial charge in [0.15, 0.2) is 0 Å². The first-order valence-corrected chi connectivity index (χ1v) is 2.89. The van der Waals surface area contributed by atoms with E-state index in [1.807, 2.05) is 12.5 Å². The van der Waals surface area contributed by atoms with E-state index in [1.165, 1.54) is 6.42 Å². The van der Waals surface area contributed by atoms with E-state index < -0.39 is 0 Å². The van der Waals surface area contributed by atoms with Crippen LogP contribution in [0.25, 0.3) is 0 Å². The lowest BCUT2D eigenvalue weighted by Crippen LogP contribution is -1.90. The van der Waals surface area contributed by atoms with Gasteiger partial charge in [0.1, 0.15) is 0 Å². The molecular formula is C6H11BrN2. The van der Waals surface area contributed by atoms with Crippen LogP contribution in [0.5, 0.6) is 0 Å². The van der Waals surface area contributed by atoms with E-state index in [1.54, 1.807) is 6.20 Å². The Hall–Kier alpha value is -0.310. The molecule has 0 aliphatic rings. The highest BCUT2D eigenvalue weighted by Gasteiger charge is 1.81. The van der Waals surface area contributed by atoms with Crippen molar-refractivity contribution in [2.24, 2.45) is 0 Å². The van der Waals surface area contributed by atoms with Gasteiger partial charge in [0.25, 0.3) is 0 Å². The van der Waals surface area contributed by atoms with Crippen LogP contribution in [0.1, 0.15) is 13.3 Å². The molecule has 0 aliphatic carbocycles. The third-order valence-corrected chi connectivity index (χ3v) is 1.04. The van der Waals surface area contributed by atoms with E-state index in [2.05, 4.69) is 16.5 Å². The summed E-state index contributed by atoms with van der Waals surface area (Å²) in [5, 5.41) is 0. The minimum Gasteiger partial charge on any atom is -0.338 e. The molecular weight excluding hydrogens is 180 g/mol. The van der Waals surface area contributed by atoms with Crippen LogP contribution in [0.3, 0.4) is 0 Å². The zero-order valence-corrected chi connectivity index (χ0v) is 7.16. The Balaban J connectivity index is 0.000000640. The van der Waals surface area contributed by atoms with Crippen LogP contribution in [0.15, 0.2) is 18.7 Å². The number of halogens is 1. The summed E-state index contributed by atoms with van der Waals surface area (Å²) in [5.74, 6) is 0. The summed E-state index contributed by atoms with van der Waals surface area (Å²) in [6.07, 6.45) is 6.79. The van der Waals surface area contributed by atoms with Crippen molar-refractivity contribution in [3.63, 3.8) is 0 Å². The average Bonchev–Trinajstić information content (AvgIpc) is 2.19. The molecule has 1 aromatic rings. The molecule has 0 atom stereocenters. The first-order chi connectivity index (χ1) is 3.93. The maximum Gasteiger partial charge on any atom is 0.0945 e. The van der Waals surface area contributed by atoms with Gasteiger partial charge in [-0.2, -0.15) is 0 Å². The van der Waals surface area contributed by atoms with Crippen molar-refractivity contribution in [3.05, 3.63) is 18.7 Å². The van der Waals surface area contributed by atoms with E-state index in [0.29, 0.717) is 0 Å². The first kappa shape index (κ1) is 8.69. The van der Waals surface area contributed by atoms with Crippen molar-refractivity contribution < 1.29 is 0 Å². The summed E-state index contributed by atoms with van der Waals surface area (Å²) in [7, 11) is 0. The molecule has 0 saturated carbocycles. The van der Waals surface area contributed by atoms with E-state index in [0.717, 1.165) is 6.54 Å². The van der Waals surface area contributed by atoms with Gasteiger partial charge in [0.05, 0.1) is 6.33 Å². The van der Waals surface area contributed by atoms with Gasteiger partial charge in [-0.15, -0.1) is 17.0 Å². The minimum absolute atomic E-state index is 0. The lowest BCUT2D eigenvalue weighted by molar-refractivity contribution is 0.678. The van der Waals surface area contributed by atoms with Crippen LogP contribution in [0.4, 0.5) is 0 Å². The fourth-order valence-electron chi connectivity index (χ4n) is 0.677. The summed E-state index contributed by atoms with van der Waals surface area (Å²) in [5.41, 5.74) is 0. The highest BCUT2D eigenvalue weighted by Crippen LogP contribution is 1.87. The number of aryl methyl sites for hydroxylation is 1. The van der Waals surface area contributed by atoms with Crippen LogP contribution in [-0.2, 0) is 6.54 Å². The van der Waals surface area contributed by atoms with Gasteiger partial charge in [-0.3, -0.25) is 0 Å². The predicted octanol–water partition coefficient (Wildman–Crippen LogP) is 1.87. The van der Waals surface area contributed by atoms with Gasteiger partial charge < -0.3 is 4.57 Å². The van der Waals surface area contributed by atoms with Crippen molar-refractivity contribution in [1.82, 2.24) is 9.55 Å². The normalized spacial score (nSPS) is 8.56. The lowest BCUT2D eigenvalue weighted by atomic mass is 10.5. The summed E-state index contributed by atoms with van der Waals surface area (Å²) in [6.45, 7) is 3.24. The number of imidazole rings is 1. The van der Waals surface area contributed by atoms with Crippen LogP contribution in [0.2, 0.25) is 0 Å². The van der Waals surface area contributed by atoms with Gasteiger partial charge in [-0.25, -0.2) is 4.98 Å². The van der Waals surface area contributed by atoms with Crippen LogP contribution < -0.4 is 0 Å². The van der Waals surface area contributed by atoms with Crippen molar-refractivity contribution in [2.75, 3.05) is 0 Å². The summed E-state index contributed by atoms with van der Waals surface area (Å²) in [6, 6.07) is 0. The monoisotopic (exact) mass is 190 g/mol. The SMILES string of the molecule is Br.CCCn1ccnc1. The fourth-order valence-corrected chi connectivity index (χ4v) is 0.677. The Morgan fingerprint density at radius 3 is 2.78 bits per heavy atom.